The minimum Gasteiger partial charge on any atom is -0.250 e. The van der Waals surface area contributed by atoms with Crippen molar-refractivity contribution in [3.8, 4) is 0 Å². The molecule has 0 unspecified atom stereocenters. The van der Waals surface area contributed by atoms with Crippen molar-refractivity contribution >= 4 is 11.6 Å². The maximum Gasteiger partial charge on any atom is 0.242 e. The van der Waals surface area contributed by atoms with Gasteiger partial charge in [0.15, 0.2) is 5.69 Å². The lowest BCUT2D eigenvalue weighted by molar-refractivity contribution is -0.693. The molecule has 2 aromatic rings. The summed E-state index contributed by atoms with van der Waals surface area (Å²) in [6.07, 6.45) is 3.88. The van der Waals surface area contributed by atoms with Crippen LogP contribution >= 0.6 is 11.6 Å². The predicted octanol–water partition coefficient (Wildman–Crippen LogP) is 2.40. The second-order valence-electron chi connectivity index (χ2n) is 3.68. The molecule has 1 heterocycles. The number of aryl methyl sites for hydroxylation is 1. The topological polar surface area (TPSA) is 19.7 Å². The third kappa shape index (κ3) is 2.39. The van der Waals surface area contributed by atoms with E-state index in [2.05, 4.69) is 40.7 Å². The van der Waals surface area contributed by atoms with Crippen LogP contribution < -0.4 is 4.57 Å². The van der Waals surface area contributed by atoms with Crippen molar-refractivity contribution in [2.75, 3.05) is 0 Å². The van der Waals surface area contributed by atoms with E-state index in [1.165, 1.54) is 11.1 Å². The highest BCUT2D eigenvalue weighted by Crippen LogP contribution is 2.04. The summed E-state index contributed by atoms with van der Waals surface area (Å²) in [5, 5.41) is 0. The van der Waals surface area contributed by atoms with Crippen LogP contribution in [0.15, 0.2) is 36.8 Å². The van der Waals surface area contributed by atoms with Gasteiger partial charge in [-0.3, -0.25) is 0 Å². The number of H-pyrrole nitrogens is 1. The van der Waals surface area contributed by atoms with Crippen LogP contribution in [0.25, 0.3) is 0 Å². The Morgan fingerprint density at radius 3 is 3.00 bits per heavy atom. The lowest BCUT2D eigenvalue weighted by atomic mass is 10.1. The van der Waals surface area contributed by atoms with E-state index in [-0.39, 0.29) is 0 Å². The molecule has 0 amide bonds. The van der Waals surface area contributed by atoms with E-state index in [4.69, 9.17) is 11.6 Å². The summed E-state index contributed by atoms with van der Waals surface area (Å²) in [7, 11) is 0. The van der Waals surface area contributed by atoms with Crippen LogP contribution in [0, 0.1) is 6.92 Å². The number of hydrogen-bond acceptors (Lipinski definition) is 0. The SMILES string of the molecule is Cc1cccc(C[n+]2c[nH]cc2CCl)c1. The molecule has 2 nitrogen and oxygen atoms in total. The van der Waals surface area contributed by atoms with E-state index in [9.17, 15) is 0 Å². The number of hydrogen-bond donors (Lipinski definition) is 1. The molecule has 3 heteroatoms. The van der Waals surface area contributed by atoms with Crippen LogP contribution in [0.2, 0.25) is 0 Å². The average Bonchev–Trinajstić information content (AvgIpc) is 2.65. The number of imidazole rings is 1. The molecule has 1 aromatic carbocycles. The first kappa shape index (κ1) is 10.2. The van der Waals surface area contributed by atoms with Crippen molar-refractivity contribution in [2.45, 2.75) is 19.3 Å². The molecule has 2 rings (SSSR count). The highest BCUT2D eigenvalue weighted by Gasteiger charge is 2.07. The lowest BCUT2D eigenvalue weighted by Crippen LogP contribution is -2.35. The summed E-state index contributed by atoms with van der Waals surface area (Å²) in [6, 6.07) is 8.51. The van der Waals surface area contributed by atoms with E-state index in [1.807, 2.05) is 12.5 Å². The van der Waals surface area contributed by atoms with Crippen LogP contribution in [0.4, 0.5) is 0 Å². The molecule has 0 saturated carbocycles. The Kier molecular flexibility index (Phi) is 3.07. The molecule has 78 valence electrons. The molecule has 0 aliphatic heterocycles. The minimum absolute atomic E-state index is 0.537. The quantitative estimate of drug-likeness (QED) is 0.607. The highest BCUT2D eigenvalue weighted by atomic mass is 35.5. The number of halogens is 1. The monoisotopic (exact) mass is 221 g/mol. The Hall–Kier alpha value is -1.28. The average molecular weight is 222 g/mol. The molecule has 0 radical (unpaired) electrons. The van der Waals surface area contributed by atoms with Crippen LogP contribution in [0.1, 0.15) is 16.8 Å². The summed E-state index contributed by atoms with van der Waals surface area (Å²) < 4.78 is 2.13. The van der Waals surface area contributed by atoms with Gasteiger partial charge in [-0.15, -0.1) is 11.6 Å². The molecule has 15 heavy (non-hydrogen) atoms. The third-order valence-corrected chi connectivity index (χ3v) is 2.70. The van der Waals surface area contributed by atoms with Crippen molar-refractivity contribution in [2.24, 2.45) is 0 Å². The highest BCUT2D eigenvalue weighted by molar-refractivity contribution is 6.16. The number of alkyl halides is 1. The number of aromatic nitrogens is 2. The van der Waals surface area contributed by atoms with Crippen LogP contribution in [-0.2, 0) is 12.4 Å². The summed E-state index contributed by atoms with van der Waals surface area (Å²) in [6.45, 7) is 2.97. The Balaban J connectivity index is 2.22. The van der Waals surface area contributed by atoms with Crippen LogP contribution in [0.5, 0.6) is 0 Å². The third-order valence-electron chi connectivity index (χ3n) is 2.42. The van der Waals surface area contributed by atoms with Crippen molar-refractivity contribution in [3.05, 3.63) is 53.6 Å². The van der Waals surface area contributed by atoms with Gasteiger partial charge in [0.05, 0.1) is 5.88 Å². The summed E-state index contributed by atoms with van der Waals surface area (Å²) in [4.78, 5) is 3.06. The molecule has 0 aliphatic rings. The summed E-state index contributed by atoms with van der Waals surface area (Å²) >= 11 is 5.83. The molecular formula is C12H14ClN2+. The largest absolute Gasteiger partial charge is 0.250 e. The van der Waals surface area contributed by atoms with Crippen LogP contribution in [-0.4, -0.2) is 4.98 Å². The molecule has 1 N–H and O–H groups in total. The van der Waals surface area contributed by atoms with Crippen molar-refractivity contribution in [1.29, 1.82) is 0 Å². The van der Waals surface area contributed by atoms with E-state index >= 15 is 0 Å². The molecule has 0 atom stereocenters. The summed E-state index contributed by atoms with van der Waals surface area (Å²) in [5.41, 5.74) is 3.69. The maximum absolute atomic E-state index is 5.83. The fraction of sp³-hybridized carbons (Fsp3) is 0.250. The second-order valence-corrected chi connectivity index (χ2v) is 3.95. The van der Waals surface area contributed by atoms with Gasteiger partial charge in [0, 0.05) is 0 Å². The molecule has 0 fully saturated rings. The van der Waals surface area contributed by atoms with Gasteiger partial charge in [-0.1, -0.05) is 29.8 Å². The van der Waals surface area contributed by atoms with E-state index in [0.29, 0.717) is 5.88 Å². The van der Waals surface area contributed by atoms with Gasteiger partial charge < -0.3 is 0 Å². The smallest absolute Gasteiger partial charge is 0.242 e. The second kappa shape index (κ2) is 4.49. The zero-order valence-electron chi connectivity index (χ0n) is 8.70. The molecular weight excluding hydrogens is 208 g/mol. The van der Waals surface area contributed by atoms with Gasteiger partial charge in [0.1, 0.15) is 12.7 Å². The van der Waals surface area contributed by atoms with Gasteiger partial charge in [0.25, 0.3) is 0 Å². The number of aromatic amines is 1. The fourth-order valence-corrected chi connectivity index (χ4v) is 1.89. The predicted molar refractivity (Wildman–Crippen MR) is 60.8 cm³/mol. The van der Waals surface area contributed by atoms with Crippen molar-refractivity contribution in [1.82, 2.24) is 4.98 Å². The van der Waals surface area contributed by atoms with E-state index in [1.54, 1.807) is 0 Å². The van der Waals surface area contributed by atoms with Crippen molar-refractivity contribution < 1.29 is 4.57 Å². The van der Waals surface area contributed by atoms with Gasteiger partial charge in [0.2, 0.25) is 6.33 Å². The van der Waals surface area contributed by atoms with Gasteiger partial charge in [-0.2, -0.15) is 0 Å². The first-order chi connectivity index (χ1) is 7.29. The Bertz CT molecular complexity index is 448. The standard InChI is InChI=1S/C12H13ClN2/c1-10-3-2-4-11(5-10)8-15-9-14-7-12(15)6-13/h2-5,7,9H,6,8H2,1H3/p+1. The first-order valence-corrected chi connectivity index (χ1v) is 5.49. The van der Waals surface area contributed by atoms with E-state index < -0.39 is 0 Å². The Morgan fingerprint density at radius 1 is 1.40 bits per heavy atom. The van der Waals surface area contributed by atoms with E-state index in [0.717, 1.165) is 12.2 Å². The molecule has 0 saturated heterocycles. The Morgan fingerprint density at radius 2 is 2.27 bits per heavy atom. The van der Waals surface area contributed by atoms with Crippen LogP contribution in [0.3, 0.4) is 0 Å². The zero-order chi connectivity index (χ0) is 10.7. The number of rotatable bonds is 3. The molecule has 0 bridgehead atoms. The van der Waals surface area contributed by atoms with Gasteiger partial charge in [-0.25, -0.2) is 9.55 Å². The normalized spacial score (nSPS) is 10.5. The number of nitrogens with one attached hydrogen (secondary N) is 1. The Labute approximate surface area is 94.5 Å². The first-order valence-electron chi connectivity index (χ1n) is 4.96. The fourth-order valence-electron chi connectivity index (χ4n) is 1.66. The molecule has 0 aliphatic carbocycles. The number of nitrogens with zero attached hydrogens (tertiary/aromatic N) is 1. The number of benzene rings is 1. The lowest BCUT2D eigenvalue weighted by Gasteiger charge is -2.01. The molecule has 0 spiro atoms. The van der Waals surface area contributed by atoms with Gasteiger partial charge in [-0.05, 0) is 12.5 Å². The minimum atomic E-state index is 0.537. The maximum atomic E-state index is 5.83. The van der Waals surface area contributed by atoms with Crippen molar-refractivity contribution in [3.63, 3.8) is 0 Å². The summed E-state index contributed by atoms with van der Waals surface area (Å²) in [5.74, 6) is 0.537. The zero-order valence-corrected chi connectivity index (χ0v) is 9.46. The molecule has 1 aromatic heterocycles. The van der Waals surface area contributed by atoms with Gasteiger partial charge >= 0.3 is 0 Å².